The first kappa shape index (κ1) is 22.6. The van der Waals surface area contributed by atoms with Gasteiger partial charge in [0, 0.05) is 10.4 Å². The van der Waals surface area contributed by atoms with E-state index >= 15 is 0 Å². The quantitative estimate of drug-likeness (QED) is 0.432. The van der Waals surface area contributed by atoms with Crippen LogP contribution in [0.4, 0.5) is 0 Å². The Kier molecular flexibility index (Phi) is 6.12. The molecule has 0 amide bonds. The smallest absolute Gasteiger partial charge is 0.262 e. The Balaban J connectivity index is 0.00000241. The number of hydrogen-bond donors (Lipinski definition) is 1. The van der Waals surface area contributed by atoms with Crippen LogP contribution in [-0.4, -0.2) is 15.4 Å². The minimum Gasteiger partial charge on any atom is -1.00 e. The van der Waals surface area contributed by atoms with E-state index in [4.69, 9.17) is 4.98 Å². The first-order valence-corrected chi connectivity index (χ1v) is 12.0. The summed E-state index contributed by atoms with van der Waals surface area (Å²) in [5.74, 6) is 1.39. The number of nitrogens with zero attached hydrogens (tertiary/aromatic N) is 5. The average molecular weight is 491 g/mol. The lowest BCUT2D eigenvalue weighted by molar-refractivity contribution is -0.668. The minimum absolute atomic E-state index is 0. The lowest BCUT2D eigenvalue weighted by Crippen LogP contribution is -3.00. The van der Waals surface area contributed by atoms with Crippen molar-refractivity contribution in [2.75, 3.05) is 0 Å². The minimum atomic E-state index is 0. The van der Waals surface area contributed by atoms with E-state index in [0.29, 0.717) is 12.4 Å². The van der Waals surface area contributed by atoms with Gasteiger partial charge in [-0.1, -0.05) is 59.2 Å². The van der Waals surface area contributed by atoms with Crippen molar-refractivity contribution in [3.05, 3.63) is 86.3 Å². The highest BCUT2D eigenvalue weighted by Gasteiger charge is 2.21. The van der Waals surface area contributed by atoms with Crippen LogP contribution in [-0.2, 0) is 19.4 Å². The summed E-state index contributed by atoms with van der Waals surface area (Å²) in [4.78, 5) is 20.5. The van der Waals surface area contributed by atoms with Gasteiger partial charge in [-0.2, -0.15) is 0 Å². The SMILES string of the molecule is Cc1nc2sc3c(c2c(=O)n1Cc1ccc(-c2ccccc2C2=N[NH2+]N=N2)cc1)CCCC3.[Cl-]. The molecule has 3 heterocycles. The van der Waals surface area contributed by atoms with Crippen molar-refractivity contribution in [3.8, 4) is 11.1 Å². The van der Waals surface area contributed by atoms with Crippen LogP contribution in [0.2, 0.25) is 0 Å². The first-order valence-electron chi connectivity index (χ1n) is 11.2. The van der Waals surface area contributed by atoms with Gasteiger partial charge in [0.1, 0.15) is 10.7 Å². The summed E-state index contributed by atoms with van der Waals surface area (Å²) < 4.78 is 1.82. The van der Waals surface area contributed by atoms with E-state index in [2.05, 4.69) is 45.8 Å². The number of rotatable bonds is 4. The maximum Gasteiger partial charge on any atom is 0.262 e. The van der Waals surface area contributed by atoms with E-state index in [1.807, 2.05) is 29.7 Å². The second kappa shape index (κ2) is 9.21. The monoisotopic (exact) mass is 490 g/mol. The Labute approximate surface area is 206 Å². The lowest BCUT2D eigenvalue weighted by Gasteiger charge is -2.13. The van der Waals surface area contributed by atoms with Crippen molar-refractivity contribution in [1.29, 1.82) is 0 Å². The summed E-state index contributed by atoms with van der Waals surface area (Å²) in [6.07, 6.45) is 4.42. The maximum atomic E-state index is 13.5. The maximum absolute atomic E-state index is 13.5. The zero-order chi connectivity index (χ0) is 22.4. The Hall–Kier alpha value is -3.20. The number of nitrogens with two attached hydrogens (primary N) is 1. The van der Waals surface area contributed by atoms with Crippen LogP contribution in [0.1, 0.15) is 40.2 Å². The summed E-state index contributed by atoms with van der Waals surface area (Å²) in [5.41, 5.74) is 6.94. The third-order valence-corrected chi connectivity index (χ3v) is 7.61. The molecule has 0 unspecified atom stereocenters. The first-order chi connectivity index (χ1) is 16.2. The molecule has 0 fully saturated rings. The molecule has 2 aromatic carbocycles. The Morgan fingerprint density at radius 2 is 1.79 bits per heavy atom. The normalized spacial score (nSPS) is 14.7. The highest BCUT2D eigenvalue weighted by molar-refractivity contribution is 7.18. The third-order valence-electron chi connectivity index (χ3n) is 6.42. The molecule has 9 heteroatoms. The fourth-order valence-corrected chi connectivity index (χ4v) is 6.04. The van der Waals surface area contributed by atoms with Gasteiger partial charge in [0.05, 0.1) is 17.2 Å². The zero-order valence-electron chi connectivity index (χ0n) is 18.7. The second-order valence-electron chi connectivity index (χ2n) is 8.47. The van der Waals surface area contributed by atoms with Crippen molar-refractivity contribution in [2.45, 2.75) is 39.2 Å². The topological polar surface area (TPSA) is 88.6 Å². The molecular formula is C25H23ClN6OS. The Bertz CT molecular complexity index is 1500. The zero-order valence-corrected chi connectivity index (χ0v) is 20.2. The van der Waals surface area contributed by atoms with E-state index in [-0.39, 0.29) is 18.0 Å². The summed E-state index contributed by atoms with van der Waals surface area (Å²) in [7, 11) is 0. The van der Waals surface area contributed by atoms with Crippen LogP contribution in [0.15, 0.2) is 68.8 Å². The molecule has 1 aliphatic carbocycles. The van der Waals surface area contributed by atoms with E-state index in [0.717, 1.165) is 57.6 Å². The predicted octanol–water partition coefficient (Wildman–Crippen LogP) is 0.970. The molecular weight excluding hydrogens is 468 g/mol. The number of aromatic nitrogens is 2. The largest absolute Gasteiger partial charge is 1.00 e. The van der Waals surface area contributed by atoms with Gasteiger partial charge in [0.15, 0.2) is 0 Å². The van der Waals surface area contributed by atoms with Crippen molar-refractivity contribution < 1.29 is 17.9 Å². The molecule has 172 valence electrons. The van der Waals surface area contributed by atoms with E-state index < -0.39 is 0 Å². The fraction of sp³-hybridized carbons (Fsp3) is 0.240. The molecule has 4 aromatic rings. The summed E-state index contributed by atoms with van der Waals surface area (Å²) >= 11 is 1.70. The number of aryl methyl sites for hydroxylation is 3. The van der Waals surface area contributed by atoms with Gasteiger partial charge in [-0.15, -0.1) is 11.3 Å². The Morgan fingerprint density at radius 1 is 1.03 bits per heavy atom. The van der Waals surface area contributed by atoms with Gasteiger partial charge < -0.3 is 12.4 Å². The molecule has 0 radical (unpaired) electrons. The van der Waals surface area contributed by atoms with Gasteiger partial charge in [0.25, 0.3) is 5.56 Å². The van der Waals surface area contributed by atoms with Crippen LogP contribution < -0.4 is 23.5 Å². The predicted molar refractivity (Wildman–Crippen MR) is 130 cm³/mol. The summed E-state index contributed by atoms with van der Waals surface area (Å²) in [5, 5.41) is 13.1. The van der Waals surface area contributed by atoms with Gasteiger partial charge in [0.2, 0.25) is 5.84 Å². The van der Waals surface area contributed by atoms with Crippen LogP contribution in [0.5, 0.6) is 0 Å². The van der Waals surface area contributed by atoms with Gasteiger partial charge in [-0.25, -0.2) is 4.98 Å². The van der Waals surface area contributed by atoms with Crippen molar-refractivity contribution in [2.24, 2.45) is 15.4 Å². The average Bonchev–Trinajstić information content (AvgIpc) is 3.50. The van der Waals surface area contributed by atoms with Gasteiger partial charge in [-0.3, -0.25) is 9.36 Å². The standard InChI is InChI=1S/C25H22N6OS.ClH/c1-15-26-24-22(20-8-4-5-9-21(20)33-24)25(32)31(15)14-16-10-12-17(13-11-16)18-6-2-3-7-19(18)23-27-29-30-28-23;/h2-3,6-7,10-13H,4-5,8-9,14H2,1H3,(H,27,28,29,30);1H. The van der Waals surface area contributed by atoms with Crippen molar-refractivity contribution in [1.82, 2.24) is 9.55 Å². The molecule has 0 saturated carbocycles. The van der Waals surface area contributed by atoms with Crippen LogP contribution in [0.3, 0.4) is 0 Å². The molecule has 0 saturated heterocycles. The van der Waals surface area contributed by atoms with Crippen molar-refractivity contribution >= 4 is 27.4 Å². The third kappa shape index (κ3) is 3.87. The van der Waals surface area contributed by atoms with Gasteiger partial charge in [-0.05, 0) is 60.0 Å². The van der Waals surface area contributed by atoms with Crippen molar-refractivity contribution in [3.63, 3.8) is 0 Å². The second-order valence-corrected chi connectivity index (χ2v) is 9.55. The highest BCUT2D eigenvalue weighted by Crippen LogP contribution is 2.34. The molecule has 0 bridgehead atoms. The van der Waals surface area contributed by atoms with E-state index in [1.54, 1.807) is 11.3 Å². The van der Waals surface area contributed by atoms with Crippen LogP contribution in [0, 0.1) is 6.92 Å². The van der Waals surface area contributed by atoms with Gasteiger partial charge >= 0.3 is 0 Å². The number of halogens is 1. The molecule has 7 nitrogen and oxygen atoms in total. The molecule has 34 heavy (non-hydrogen) atoms. The number of thiophene rings is 1. The molecule has 2 aliphatic rings. The molecule has 1 aliphatic heterocycles. The lowest BCUT2D eigenvalue weighted by atomic mass is 9.97. The fourth-order valence-electron chi connectivity index (χ4n) is 4.74. The van der Waals surface area contributed by atoms with E-state index in [1.165, 1.54) is 22.4 Å². The molecule has 0 atom stereocenters. The van der Waals surface area contributed by atoms with Crippen LogP contribution >= 0.6 is 11.3 Å². The number of benzene rings is 2. The molecule has 0 spiro atoms. The number of fused-ring (bicyclic) bond motifs is 3. The molecule has 2 N–H and O–H groups in total. The van der Waals surface area contributed by atoms with E-state index in [9.17, 15) is 4.79 Å². The summed E-state index contributed by atoms with van der Waals surface area (Å²) in [6, 6.07) is 16.4. The number of quaternary nitrogens is 1. The summed E-state index contributed by atoms with van der Waals surface area (Å²) in [6.45, 7) is 2.44. The highest BCUT2D eigenvalue weighted by atomic mass is 35.5. The molecule has 2 aromatic heterocycles. The Morgan fingerprint density at radius 3 is 2.56 bits per heavy atom. The number of hydrogen-bond acceptors (Lipinski definition) is 6. The number of amidine groups is 1. The molecule has 6 rings (SSSR count). The van der Waals surface area contributed by atoms with Crippen LogP contribution in [0.25, 0.3) is 21.3 Å².